The number of Topliss-reactive ketones (excluding diaryl/α,β-unsaturated/α-hetero) is 1. The van der Waals surface area contributed by atoms with Crippen molar-refractivity contribution in [2.24, 2.45) is 0 Å². The highest BCUT2D eigenvalue weighted by Gasteiger charge is 2.13. The van der Waals surface area contributed by atoms with Gasteiger partial charge in [-0.25, -0.2) is 4.79 Å². The zero-order valence-electron chi connectivity index (χ0n) is 10.1. The van der Waals surface area contributed by atoms with Crippen molar-refractivity contribution in [3.63, 3.8) is 0 Å². The molecule has 0 bridgehead atoms. The summed E-state index contributed by atoms with van der Waals surface area (Å²) in [6.45, 7) is 0. The molecule has 0 aliphatic heterocycles. The fourth-order valence-corrected chi connectivity index (χ4v) is 1.56. The minimum Gasteiger partial charge on any atom is -0.496 e. The van der Waals surface area contributed by atoms with Gasteiger partial charge < -0.3 is 9.47 Å². The van der Waals surface area contributed by atoms with E-state index in [1.165, 1.54) is 7.11 Å². The standard InChI is InChI=1S/C13H16O4/c1-16-12-9-4-3-6-10(12)7-5-8-11(14)13(15)17-2/h3-4,6,9H,5,7-8H2,1-2H3. The van der Waals surface area contributed by atoms with Crippen molar-refractivity contribution in [2.45, 2.75) is 19.3 Å². The van der Waals surface area contributed by atoms with Gasteiger partial charge in [0.05, 0.1) is 14.2 Å². The third kappa shape index (κ3) is 3.90. The molecule has 0 radical (unpaired) electrons. The molecular weight excluding hydrogens is 220 g/mol. The zero-order chi connectivity index (χ0) is 12.7. The van der Waals surface area contributed by atoms with Crippen molar-refractivity contribution in [1.82, 2.24) is 0 Å². The van der Waals surface area contributed by atoms with Crippen molar-refractivity contribution in [2.75, 3.05) is 14.2 Å². The van der Waals surface area contributed by atoms with Gasteiger partial charge in [-0.05, 0) is 24.5 Å². The maximum Gasteiger partial charge on any atom is 0.374 e. The number of carbonyl (C=O) groups excluding carboxylic acids is 2. The number of carbonyl (C=O) groups is 2. The first-order valence-corrected chi connectivity index (χ1v) is 5.42. The number of ketones is 1. The van der Waals surface area contributed by atoms with Gasteiger partial charge in [0.1, 0.15) is 5.75 Å². The van der Waals surface area contributed by atoms with E-state index in [0.29, 0.717) is 12.8 Å². The van der Waals surface area contributed by atoms with E-state index < -0.39 is 11.8 Å². The van der Waals surface area contributed by atoms with Crippen molar-refractivity contribution in [3.8, 4) is 5.75 Å². The van der Waals surface area contributed by atoms with Crippen LogP contribution in [0.25, 0.3) is 0 Å². The second kappa shape index (κ2) is 6.68. The third-order valence-electron chi connectivity index (χ3n) is 2.46. The first-order valence-electron chi connectivity index (χ1n) is 5.42. The van der Waals surface area contributed by atoms with Crippen molar-refractivity contribution < 1.29 is 19.1 Å². The molecule has 4 nitrogen and oxygen atoms in total. The van der Waals surface area contributed by atoms with E-state index in [9.17, 15) is 9.59 Å². The van der Waals surface area contributed by atoms with Crippen LogP contribution in [0.15, 0.2) is 24.3 Å². The molecular formula is C13H16O4. The van der Waals surface area contributed by atoms with Crippen LogP contribution in [0.2, 0.25) is 0 Å². The molecule has 0 spiro atoms. The molecule has 0 aromatic heterocycles. The summed E-state index contributed by atoms with van der Waals surface area (Å²) in [4.78, 5) is 22.1. The average molecular weight is 236 g/mol. The van der Waals surface area contributed by atoms with Crippen molar-refractivity contribution in [1.29, 1.82) is 0 Å². The number of methoxy groups -OCH3 is 2. The number of aryl methyl sites for hydroxylation is 1. The molecule has 0 unspecified atom stereocenters. The van der Waals surface area contributed by atoms with Gasteiger partial charge in [-0.3, -0.25) is 4.79 Å². The fourth-order valence-electron chi connectivity index (χ4n) is 1.56. The Morgan fingerprint density at radius 3 is 2.53 bits per heavy atom. The quantitative estimate of drug-likeness (QED) is 0.558. The molecule has 0 saturated heterocycles. The number of benzene rings is 1. The molecule has 1 rings (SSSR count). The zero-order valence-corrected chi connectivity index (χ0v) is 10.1. The van der Waals surface area contributed by atoms with Crippen molar-refractivity contribution >= 4 is 11.8 Å². The number of hydrogen-bond acceptors (Lipinski definition) is 4. The Bertz CT molecular complexity index is 398. The molecule has 0 saturated carbocycles. The molecule has 0 amide bonds. The first-order chi connectivity index (χ1) is 8.19. The van der Waals surface area contributed by atoms with Gasteiger partial charge in [0.15, 0.2) is 0 Å². The summed E-state index contributed by atoms with van der Waals surface area (Å²) in [5, 5.41) is 0. The van der Waals surface area contributed by atoms with Gasteiger partial charge >= 0.3 is 5.97 Å². The van der Waals surface area contributed by atoms with Crippen LogP contribution in [0.5, 0.6) is 5.75 Å². The van der Waals surface area contributed by atoms with E-state index >= 15 is 0 Å². The van der Waals surface area contributed by atoms with Gasteiger partial charge in [0.2, 0.25) is 5.78 Å². The summed E-state index contributed by atoms with van der Waals surface area (Å²) >= 11 is 0. The third-order valence-corrected chi connectivity index (χ3v) is 2.46. The average Bonchev–Trinajstić information content (AvgIpc) is 2.38. The monoisotopic (exact) mass is 236 g/mol. The molecule has 0 aliphatic rings. The molecule has 0 aliphatic carbocycles. The van der Waals surface area contributed by atoms with Crippen LogP contribution >= 0.6 is 0 Å². The highest BCUT2D eigenvalue weighted by atomic mass is 16.5. The maximum atomic E-state index is 11.2. The van der Waals surface area contributed by atoms with Gasteiger partial charge in [0, 0.05) is 6.42 Å². The van der Waals surface area contributed by atoms with Crippen LogP contribution in [-0.2, 0) is 20.7 Å². The molecule has 1 aromatic rings. The summed E-state index contributed by atoms with van der Waals surface area (Å²) in [5.74, 6) is -0.453. The number of ether oxygens (including phenoxy) is 2. The predicted molar refractivity (Wildman–Crippen MR) is 63.0 cm³/mol. The molecule has 0 fully saturated rings. The predicted octanol–water partition coefficient (Wildman–Crippen LogP) is 1.76. The van der Waals surface area contributed by atoms with Crippen LogP contribution < -0.4 is 4.74 Å². The van der Waals surface area contributed by atoms with Crippen LogP contribution in [0, 0.1) is 0 Å². The molecule has 92 valence electrons. The maximum absolute atomic E-state index is 11.2. The number of esters is 1. The minimum atomic E-state index is -0.773. The Labute approximate surface area is 101 Å². The Morgan fingerprint density at radius 1 is 1.18 bits per heavy atom. The lowest BCUT2D eigenvalue weighted by molar-refractivity contribution is -0.151. The topological polar surface area (TPSA) is 52.6 Å². The van der Waals surface area contributed by atoms with Crippen LogP contribution in [0.3, 0.4) is 0 Å². The molecule has 4 heteroatoms. The lowest BCUT2D eigenvalue weighted by Gasteiger charge is -2.07. The van der Waals surface area contributed by atoms with E-state index in [1.807, 2.05) is 24.3 Å². The normalized spacial score (nSPS) is 9.76. The molecule has 0 atom stereocenters. The number of rotatable bonds is 6. The highest BCUT2D eigenvalue weighted by Crippen LogP contribution is 2.19. The molecule has 0 heterocycles. The van der Waals surface area contributed by atoms with E-state index in [0.717, 1.165) is 11.3 Å². The second-order valence-corrected chi connectivity index (χ2v) is 3.58. The van der Waals surface area contributed by atoms with E-state index in [4.69, 9.17) is 4.74 Å². The first kappa shape index (κ1) is 13.2. The molecule has 0 N–H and O–H groups in total. The van der Waals surface area contributed by atoms with E-state index in [-0.39, 0.29) is 6.42 Å². The summed E-state index contributed by atoms with van der Waals surface area (Å²) in [6.07, 6.45) is 1.51. The van der Waals surface area contributed by atoms with Crippen molar-refractivity contribution in [3.05, 3.63) is 29.8 Å². The van der Waals surface area contributed by atoms with Crippen LogP contribution in [0.4, 0.5) is 0 Å². The minimum absolute atomic E-state index is 0.199. The Kier molecular flexibility index (Phi) is 5.20. The summed E-state index contributed by atoms with van der Waals surface area (Å²) in [5.41, 5.74) is 1.03. The SMILES string of the molecule is COC(=O)C(=O)CCCc1ccccc1OC. The van der Waals surface area contributed by atoms with Gasteiger partial charge in [-0.1, -0.05) is 18.2 Å². The van der Waals surface area contributed by atoms with E-state index in [2.05, 4.69) is 4.74 Å². The van der Waals surface area contributed by atoms with E-state index in [1.54, 1.807) is 7.11 Å². The number of para-hydroxylation sites is 1. The molecule has 1 aromatic carbocycles. The summed E-state index contributed by atoms with van der Waals surface area (Å²) in [6, 6.07) is 7.63. The Morgan fingerprint density at radius 2 is 1.88 bits per heavy atom. The lowest BCUT2D eigenvalue weighted by atomic mass is 10.1. The summed E-state index contributed by atoms with van der Waals surface area (Å²) < 4.78 is 9.54. The number of hydrogen-bond donors (Lipinski definition) is 0. The smallest absolute Gasteiger partial charge is 0.374 e. The largest absolute Gasteiger partial charge is 0.496 e. The van der Waals surface area contributed by atoms with Crippen LogP contribution in [0.1, 0.15) is 18.4 Å². The van der Waals surface area contributed by atoms with Gasteiger partial charge in [0.25, 0.3) is 0 Å². The molecule has 17 heavy (non-hydrogen) atoms. The fraction of sp³-hybridized carbons (Fsp3) is 0.385. The second-order valence-electron chi connectivity index (χ2n) is 3.58. The lowest BCUT2D eigenvalue weighted by Crippen LogP contribution is -2.15. The van der Waals surface area contributed by atoms with Gasteiger partial charge in [-0.2, -0.15) is 0 Å². The Balaban J connectivity index is 2.46. The summed E-state index contributed by atoms with van der Waals surface area (Å²) in [7, 11) is 2.82. The van der Waals surface area contributed by atoms with Crippen LogP contribution in [-0.4, -0.2) is 26.0 Å². The van der Waals surface area contributed by atoms with Gasteiger partial charge in [-0.15, -0.1) is 0 Å². The highest BCUT2D eigenvalue weighted by molar-refractivity contribution is 6.33. The Hall–Kier alpha value is -1.84.